The number of piperidine rings is 1. The van der Waals surface area contributed by atoms with Gasteiger partial charge in [-0.05, 0) is 53.2 Å². The standard InChI is InChI=1S/C14H20BrN3S/c1-9-4-6-18(7-5-9)14(16)17-11-8-10(11)12-2-3-13(15)19-12/h2-3,9-11H,4-8H2,1H3,(H2,16,17)/t10-,11-/m1/s1. The third-order valence-electron chi connectivity index (χ3n) is 4.12. The molecule has 2 aliphatic rings. The van der Waals surface area contributed by atoms with Crippen LogP contribution in [0.4, 0.5) is 0 Å². The Bertz CT molecular complexity index is 477. The molecule has 2 fully saturated rings. The monoisotopic (exact) mass is 341 g/mol. The normalized spacial score (nSPS) is 28.7. The lowest BCUT2D eigenvalue weighted by atomic mass is 10.00. The molecule has 0 unspecified atom stereocenters. The van der Waals surface area contributed by atoms with Crippen LogP contribution in [0.2, 0.25) is 0 Å². The van der Waals surface area contributed by atoms with Crippen LogP contribution in [0, 0.1) is 5.92 Å². The summed E-state index contributed by atoms with van der Waals surface area (Å²) in [6.45, 7) is 4.45. The number of halogens is 1. The van der Waals surface area contributed by atoms with Gasteiger partial charge in [0.2, 0.25) is 0 Å². The Hall–Kier alpha value is -0.550. The van der Waals surface area contributed by atoms with Gasteiger partial charge in [0.05, 0.1) is 9.83 Å². The van der Waals surface area contributed by atoms with Crippen LogP contribution in [0.3, 0.4) is 0 Å². The summed E-state index contributed by atoms with van der Waals surface area (Å²) < 4.78 is 1.20. The number of nitrogens with two attached hydrogens (primary N) is 1. The van der Waals surface area contributed by atoms with Crippen molar-refractivity contribution < 1.29 is 0 Å². The number of rotatable bonds is 2. The van der Waals surface area contributed by atoms with E-state index in [9.17, 15) is 0 Å². The maximum absolute atomic E-state index is 6.15. The summed E-state index contributed by atoms with van der Waals surface area (Å²) in [5, 5.41) is 0. The quantitative estimate of drug-likeness (QED) is 0.661. The second kappa shape index (κ2) is 5.44. The third-order valence-corrected chi connectivity index (χ3v) is 5.88. The molecule has 1 aliphatic heterocycles. The molecule has 1 aromatic rings. The van der Waals surface area contributed by atoms with E-state index in [1.807, 2.05) is 11.3 Å². The van der Waals surface area contributed by atoms with Crippen molar-refractivity contribution in [3.05, 3.63) is 20.8 Å². The van der Waals surface area contributed by atoms with E-state index in [1.165, 1.54) is 21.5 Å². The molecule has 0 aromatic carbocycles. The Morgan fingerprint density at radius 1 is 1.42 bits per heavy atom. The van der Waals surface area contributed by atoms with E-state index in [0.29, 0.717) is 12.0 Å². The predicted octanol–water partition coefficient (Wildman–Crippen LogP) is 3.41. The van der Waals surface area contributed by atoms with Crippen LogP contribution in [0.15, 0.2) is 20.9 Å². The van der Waals surface area contributed by atoms with Crippen molar-refractivity contribution in [3.8, 4) is 0 Å². The second-order valence-corrected chi connectivity index (χ2v) is 8.20. The lowest BCUT2D eigenvalue weighted by molar-refractivity contribution is 0.277. The number of aliphatic imine (C=N–C) groups is 1. The van der Waals surface area contributed by atoms with Gasteiger partial charge in [-0.3, -0.25) is 0 Å². The minimum absolute atomic E-state index is 0.407. The maximum Gasteiger partial charge on any atom is 0.191 e. The van der Waals surface area contributed by atoms with Gasteiger partial charge in [-0.25, -0.2) is 4.99 Å². The molecule has 3 nitrogen and oxygen atoms in total. The SMILES string of the molecule is CC1CCN(C(N)=N[C@@H]2C[C@H]2c2ccc(Br)s2)CC1. The molecule has 2 atom stereocenters. The summed E-state index contributed by atoms with van der Waals surface area (Å²) >= 11 is 5.33. The van der Waals surface area contributed by atoms with Gasteiger partial charge in [-0.15, -0.1) is 11.3 Å². The zero-order valence-electron chi connectivity index (χ0n) is 11.2. The first-order valence-electron chi connectivity index (χ1n) is 6.97. The first-order chi connectivity index (χ1) is 9.13. The average molecular weight is 342 g/mol. The minimum atomic E-state index is 0.407. The molecule has 5 heteroatoms. The van der Waals surface area contributed by atoms with Crippen LogP contribution in [-0.2, 0) is 0 Å². The largest absolute Gasteiger partial charge is 0.370 e. The van der Waals surface area contributed by atoms with Crippen molar-refractivity contribution in [2.24, 2.45) is 16.6 Å². The van der Waals surface area contributed by atoms with Crippen molar-refractivity contribution in [1.82, 2.24) is 4.90 Å². The van der Waals surface area contributed by atoms with Gasteiger partial charge in [-0.1, -0.05) is 6.92 Å². The smallest absolute Gasteiger partial charge is 0.191 e. The van der Waals surface area contributed by atoms with Crippen molar-refractivity contribution >= 4 is 33.2 Å². The molecule has 19 heavy (non-hydrogen) atoms. The van der Waals surface area contributed by atoms with Crippen molar-refractivity contribution in [2.45, 2.75) is 38.1 Å². The highest BCUT2D eigenvalue weighted by Gasteiger charge is 2.40. The Balaban J connectivity index is 1.58. The molecule has 3 rings (SSSR count). The van der Waals surface area contributed by atoms with Gasteiger partial charge in [0.1, 0.15) is 0 Å². The molecular formula is C14H20BrN3S. The second-order valence-electron chi connectivity index (χ2n) is 5.71. The first-order valence-corrected chi connectivity index (χ1v) is 8.58. The molecule has 0 amide bonds. The van der Waals surface area contributed by atoms with Crippen LogP contribution in [0.5, 0.6) is 0 Å². The van der Waals surface area contributed by atoms with E-state index in [0.717, 1.165) is 31.4 Å². The molecule has 0 spiro atoms. The fourth-order valence-electron chi connectivity index (χ4n) is 2.65. The van der Waals surface area contributed by atoms with Gasteiger partial charge < -0.3 is 10.6 Å². The van der Waals surface area contributed by atoms with Gasteiger partial charge >= 0.3 is 0 Å². The molecule has 1 saturated carbocycles. The minimum Gasteiger partial charge on any atom is -0.370 e. The fourth-order valence-corrected chi connectivity index (χ4v) is 4.24. The molecule has 2 heterocycles. The van der Waals surface area contributed by atoms with E-state index < -0.39 is 0 Å². The van der Waals surface area contributed by atoms with E-state index >= 15 is 0 Å². The van der Waals surface area contributed by atoms with Crippen LogP contribution < -0.4 is 5.73 Å². The molecule has 1 aliphatic carbocycles. The summed E-state index contributed by atoms with van der Waals surface area (Å²) in [7, 11) is 0. The summed E-state index contributed by atoms with van der Waals surface area (Å²) in [5.74, 6) is 2.19. The molecule has 1 aromatic heterocycles. The Kier molecular flexibility index (Phi) is 3.85. The van der Waals surface area contributed by atoms with E-state index in [2.05, 4.69) is 39.9 Å². The summed E-state index contributed by atoms with van der Waals surface area (Å²) in [5.41, 5.74) is 6.15. The van der Waals surface area contributed by atoms with Gasteiger partial charge in [0, 0.05) is 23.9 Å². The summed E-state index contributed by atoms with van der Waals surface area (Å²) in [4.78, 5) is 8.40. The molecule has 2 N–H and O–H groups in total. The predicted molar refractivity (Wildman–Crippen MR) is 84.8 cm³/mol. The average Bonchev–Trinajstić information content (AvgIpc) is 3.01. The zero-order chi connectivity index (χ0) is 13.4. The van der Waals surface area contributed by atoms with Gasteiger partial charge in [-0.2, -0.15) is 0 Å². The van der Waals surface area contributed by atoms with Crippen molar-refractivity contribution in [2.75, 3.05) is 13.1 Å². The fraction of sp³-hybridized carbons (Fsp3) is 0.643. The van der Waals surface area contributed by atoms with Crippen LogP contribution in [0.1, 0.15) is 37.0 Å². The lowest BCUT2D eigenvalue weighted by Gasteiger charge is -2.31. The highest BCUT2D eigenvalue weighted by atomic mass is 79.9. The van der Waals surface area contributed by atoms with Crippen LogP contribution in [-0.4, -0.2) is 30.0 Å². The third kappa shape index (κ3) is 3.14. The molecule has 0 bridgehead atoms. The van der Waals surface area contributed by atoms with Gasteiger partial charge in [0.15, 0.2) is 5.96 Å². The van der Waals surface area contributed by atoms with Crippen molar-refractivity contribution in [3.63, 3.8) is 0 Å². The van der Waals surface area contributed by atoms with Crippen LogP contribution in [0.25, 0.3) is 0 Å². The number of thiophene rings is 1. The van der Waals surface area contributed by atoms with E-state index in [4.69, 9.17) is 10.7 Å². The highest BCUT2D eigenvalue weighted by Crippen LogP contribution is 2.46. The lowest BCUT2D eigenvalue weighted by Crippen LogP contribution is -2.42. The molecule has 0 radical (unpaired) electrons. The van der Waals surface area contributed by atoms with E-state index in [-0.39, 0.29) is 0 Å². The number of guanidine groups is 1. The Morgan fingerprint density at radius 2 is 2.16 bits per heavy atom. The number of likely N-dealkylation sites (tertiary alicyclic amines) is 1. The van der Waals surface area contributed by atoms with E-state index in [1.54, 1.807) is 0 Å². The summed E-state index contributed by atoms with van der Waals surface area (Å²) in [6, 6.07) is 4.73. The zero-order valence-corrected chi connectivity index (χ0v) is 13.6. The summed E-state index contributed by atoms with van der Waals surface area (Å²) in [6.07, 6.45) is 3.63. The Morgan fingerprint density at radius 3 is 2.79 bits per heavy atom. The first kappa shape index (κ1) is 13.4. The van der Waals surface area contributed by atoms with Crippen molar-refractivity contribution in [1.29, 1.82) is 0 Å². The molecule has 1 saturated heterocycles. The number of hydrogen-bond donors (Lipinski definition) is 1. The highest BCUT2D eigenvalue weighted by molar-refractivity contribution is 9.11. The Labute approximate surface area is 127 Å². The van der Waals surface area contributed by atoms with Crippen LogP contribution >= 0.6 is 27.3 Å². The topological polar surface area (TPSA) is 41.6 Å². The molecule has 104 valence electrons. The van der Waals surface area contributed by atoms with Gasteiger partial charge in [0.25, 0.3) is 0 Å². The maximum atomic E-state index is 6.15. The molecular weight excluding hydrogens is 322 g/mol. The number of hydrogen-bond acceptors (Lipinski definition) is 2. The number of nitrogens with zero attached hydrogens (tertiary/aromatic N) is 2.